The molecule has 2 aromatic heterocycles. The van der Waals surface area contributed by atoms with Gasteiger partial charge in [0.1, 0.15) is 11.0 Å². The third kappa shape index (κ3) is 3.28. The number of nitrogens with zero attached hydrogens (tertiary/aromatic N) is 3. The molecule has 2 N–H and O–H groups in total. The highest BCUT2D eigenvalue weighted by Gasteiger charge is 2.34. The number of aromatic nitrogens is 3. The Labute approximate surface area is 154 Å². The molecule has 8 heteroatoms. The fourth-order valence-electron chi connectivity index (χ4n) is 2.96. The van der Waals surface area contributed by atoms with Crippen LogP contribution in [-0.2, 0) is 9.59 Å². The lowest BCUT2D eigenvalue weighted by molar-refractivity contribution is -0.136. The number of carbonyl (C=O) groups excluding carboxylic acids is 2. The van der Waals surface area contributed by atoms with Crippen molar-refractivity contribution in [2.45, 2.75) is 25.8 Å². The van der Waals surface area contributed by atoms with Crippen LogP contribution in [-0.4, -0.2) is 25.5 Å². The maximum absolute atomic E-state index is 12.5. The van der Waals surface area contributed by atoms with Crippen molar-refractivity contribution in [1.29, 1.82) is 0 Å². The minimum absolute atomic E-state index is 0.172. The van der Waals surface area contributed by atoms with Crippen molar-refractivity contribution < 1.29 is 9.59 Å². The van der Waals surface area contributed by atoms with Crippen LogP contribution in [0, 0.1) is 12.8 Å². The quantitative estimate of drug-likeness (QED) is 0.691. The molecule has 2 heterocycles. The molecular formula is C18H17N5O2S. The Morgan fingerprint density at radius 3 is 2.62 bits per heavy atom. The van der Waals surface area contributed by atoms with E-state index in [2.05, 4.69) is 24.4 Å². The molecule has 0 saturated heterocycles. The van der Waals surface area contributed by atoms with E-state index >= 15 is 0 Å². The van der Waals surface area contributed by atoms with Crippen molar-refractivity contribution in [3.8, 4) is 0 Å². The Kier molecular flexibility index (Phi) is 4.34. The molecule has 1 atom stereocenters. The van der Waals surface area contributed by atoms with Crippen molar-refractivity contribution >= 4 is 40.3 Å². The second-order valence-electron chi connectivity index (χ2n) is 6.41. The molecule has 1 fully saturated rings. The summed E-state index contributed by atoms with van der Waals surface area (Å²) in [4.78, 5) is 28.9. The van der Waals surface area contributed by atoms with Gasteiger partial charge in [0, 0.05) is 12.4 Å². The smallest absolute Gasteiger partial charge is 0.313 e. The van der Waals surface area contributed by atoms with Gasteiger partial charge in [-0.1, -0.05) is 6.07 Å². The average Bonchev–Trinajstić information content (AvgIpc) is 3.39. The van der Waals surface area contributed by atoms with Gasteiger partial charge in [0.05, 0.1) is 23.5 Å². The zero-order valence-corrected chi connectivity index (χ0v) is 14.9. The molecular weight excluding hydrogens is 350 g/mol. The Morgan fingerprint density at radius 2 is 1.88 bits per heavy atom. The molecule has 3 aromatic rings. The van der Waals surface area contributed by atoms with Crippen LogP contribution in [0.15, 0.2) is 36.7 Å². The lowest BCUT2D eigenvalue weighted by atomic mass is 10.0. The van der Waals surface area contributed by atoms with Crippen molar-refractivity contribution in [3.05, 3.63) is 47.8 Å². The summed E-state index contributed by atoms with van der Waals surface area (Å²) in [6, 6.07) is 7.26. The number of rotatable bonds is 4. The molecule has 1 aliphatic rings. The Balaban J connectivity index is 1.51. The van der Waals surface area contributed by atoms with Crippen LogP contribution in [0.25, 0.3) is 11.0 Å². The van der Waals surface area contributed by atoms with E-state index in [0.717, 1.165) is 35.7 Å². The number of hydrogen-bond acceptors (Lipinski definition) is 6. The summed E-state index contributed by atoms with van der Waals surface area (Å²) in [5, 5.41) is 5.56. The van der Waals surface area contributed by atoms with Gasteiger partial charge in [0.2, 0.25) is 0 Å². The lowest BCUT2D eigenvalue weighted by Crippen LogP contribution is -2.38. The van der Waals surface area contributed by atoms with Crippen molar-refractivity contribution in [3.63, 3.8) is 0 Å². The molecule has 1 saturated carbocycles. The fourth-order valence-corrected chi connectivity index (χ4v) is 3.50. The number of aryl methyl sites for hydroxylation is 1. The van der Waals surface area contributed by atoms with Crippen molar-refractivity contribution in [2.24, 2.45) is 5.92 Å². The molecule has 0 radical (unpaired) electrons. The molecule has 1 aromatic carbocycles. The first kappa shape index (κ1) is 16.6. The molecule has 26 heavy (non-hydrogen) atoms. The minimum atomic E-state index is -0.701. The monoisotopic (exact) mass is 367 g/mol. The van der Waals surface area contributed by atoms with E-state index in [0.29, 0.717) is 22.6 Å². The maximum atomic E-state index is 12.5. The number of hydrogen-bond donors (Lipinski definition) is 2. The summed E-state index contributed by atoms with van der Waals surface area (Å²) in [5.41, 5.74) is 3.63. The van der Waals surface area contributed by atoms with Gasteiger partial charge in [-0.05, 0) is 55.0 Å². The van der Waals surface area contributed by atoms with E-state index in [1.54, 1.807) is 12.4 Å². The average molecular weight is 367 g/mol. The molecule has 0 spiro atoms. The Hall–Kier alpha value is -2.87. The van der Waals surface area contributed by atoms with E-state index in [4.69, 9.17) is 0 Å². The highest BCUT2D eigenvalue weighted by atomic mass is 32.1. The maximum Gasteiger partial charge on any atom is 0.313 e. The van der Waals surface area contributed by atoms with Crippen molar-refractivity contribution in [2.75, 3.05) is 5.32 Å². The van der Waals surface area contributed by atoms with Crippen LogP contribution in [0.2, 0.25) is 0 Å². The van der Waals surface area contributed by atoms with E-state index < -0.39 is 11.8 Å². The van der Waals surface area contributed by atoms with Gasteiger partial charge >= 0.3 is 11.8 Å². The van der Waals surface area contributed by atoms with Crippen LogP contribution in [0.4, 0.5) is 5.69 Å². The predicted octanol–water partition coefficient (Wildman–Crippen LogP) is 2.60. The second kappa shape index (κ2) is 6.80. The van der Waals surface area contributed by atoms with Crippen LogP contribution in [0.1, 0.15) is 30.0 Å². The molecule has 4 rings (SSSR count). The topological polar surface area (TPSA) is 96.9 Å². The number of amides is 2. The SMILES string of the molecule is Cc1ccc2nsnc2c1NC(=O)C(=O)NC(c1ccncc1)C1CC1. The van der Waals surface area contributed by atoms with E-state index in [1.807, 2.05) is 31.2 Å². The Morgan fingerprint density at radius 1 is 1.12 bits per heavy atom. The van der Waals surface area contributed by atoms with Crippen LogP contribution in [0.3, 0.4) is 0 Å². The number of pyridine rings is 1. The minimum Gasteiger partial charge on any atom is -0.341 e. The molecule has 1 aliphatic carbocycles. The highest BCUT2D eigenvalue weighted by molar-refractivity contribution is 7.00. The first-order valence-corrected chi connectivity index (χ1v) is 9.10. The summed E-state index contributed by atoms with van der Waals surface area (Å²) in [6.07, 6.45) is 5.46. The van der Waals surface area contributed by atoms with Gasteiger partial charge in [-0.15, -0.1) is 0 Å². The molecule has 1 unspecified atom stereocenters. The largest absolute Gasteiger partial charge is 0.341 e. The molecule has 7 nitrogen and oxygen atoms in total. The highest BCUT2D eigenvalue weighted by Crippen LogP contribution is 2.40. The summed E-state index contributed by atoms with van der Waals surface area (Å²) in [5.74, 6) is -0.992. The number of nitrogens with one attached hydrogen (secondary N) is 2. The first-order chi connectivity index (χ1) is 12.6. The fraction of sp³-hybridized carbons (Fsp3) is 0.278. The normalized spacial score (nSPS) is 14.8. The third-order valence-corrected chi connectivity index (χ3v) is 5.07. The van der Waals surface area contributed by atoms with Gasteiger partial charge in [0.15, 0.2) is 0 Å². The van der Waals surface area contributed by atoms with Gasteiger partial charge < -0.3 is 10.6 Å². The van der Waals surface area contributed by atoms with Crippen LogP contribution >= 0.6 is 11.7 Å². The van der Waals surface area contributed by atoms with Gasteiger partial charge in [-0.2, -0.15) is 8.75 Å². The third-order valence-electron chi connectivity index (χ3n) is 4.53. The second-order valence-corrected chi connectivity index (χ2v) is 6.94. The zero-order valence-electron chi connectivity index (χ0n) is 14.1. The summed E-state index contributed by atoms with van der Waals surface area (Å²) in [6.45, 7) is 1.86. The standard InChI is InChI=1S/C18H17N5O2S/c1-10-2-5-13-16(23-26-22-13)14(10)20-17(24)18(25)21-15(11-3-4-11)12-6-8-19-9-7-12/h2,5-9,11,15H,3-4H2,1H3,(H,20,24)(H,21,25). The van der Waals surface area contributed by atoms with Gasteiger partial charge in [0.25, 0.3) is 0 Å². The summed E-state index contributed by atoms with van der Waals surface area (Å²) >= 11 is 1.07. The number of anilines is 1. The number of fused-ring (bicyclic) bond motifs is 1. The lowest BCUT2D eigenvalue weighted by Gasteiger charge is -2.18. The van der Waals surface area contributed by atoms with E-state index in [1.165, 1.54) is 0 Å². The molecule has 0 aliphatic heterocycles. The van der Waals surface area contributed by atoms with Crippen molar-refractivity contribution in [1.82, 2.24) is 19.0 Å². The summed E-state index contributed by atoms with van der Waals surface area (Å²) < 4.78 is 8.38. The van der Waals surface area contributed by atoms with Crippen LogP contribution < -0.4 is 10.6 Å². The molecule has 132 valence electrons. The van der Waals surface area contributed by atoms with Crippen LogP contribution in [0.5, 0.6) is 0 Å². The number of benzene rings is 1. The van der Waals surface area contributed by atoms with E-state index in [9.17, 15) is 9.59 Å². The molecule has 2 amide bonds. The van der Waals surface area contributed by atoms with Gasteiger partial charge in [-0.3, -0.25) is 14.6 Å². The van der Waals surface area contributed by atoms with Gasteiger partial charge in [-0.25, -0.2) is 0 Å². The first-order valence-electron chi connectivity index (χ1n) is 8.37. The van der Waals surface area contributed by atoms with E-state index in [-0.39, 0.29) is 6.04 Å². The Bertz CT molecular complexity index is 968. The predicted molar refractivity (Wildman–Crippen MR) is 98.6 cm³/mol. The summed E-state index contributed by atoms with van der Waals surface area (Å²) in [7, 11) is 0. The number of carbonyl (C=O) groups is 2. The zero-order chi connectivity index (χ0) is 18.1. The molecule has 0 bridgehead atoms.